The molecule has 0 fully saturated rings. The van der Waals surface area contributed by atoms with E-state index in [1.54, 1.807) is 16.9 Å². The van der Waals surface area contributed by atoms with E-state index in [0.29, 0.717) is 22.5 Å². The van der Waals surface area contributed by atoms with E-state index in [-0.39, 0.29) is 12.0 Å². The molecule has 0 aliphatic rings. The quantitative estimate of drug-likeness (QED) is 0.485. The van der Waals surface area contributed by atoms with Gasteiger partial charge in [-0.05, 0) is 68.3 Å². The second kappa shape index (κ2) is 8.37. The molecule has 0 bridgehead atoms. The molecule has 1 atom stereocenters. The molecule has 1 amide bonds. The Balaban J connectivity index is 1.58. The minimum absolute atomic E-state index is 0.0974. The lowest BCUT2D eigenvalue weighted by atomic mass is 10.1. The second-order valence-corrected chi connectivity index (χ2v) is 7.30. The van der Waals surface area contributed by atoms with Gasteiger partial charge in [0.15, 0.2) is 0 Å². The summed E-state index contributed by atoms with van der Waals surface area (Å²) in [5.41, 5.74) is 4.55. The average Bonchev–Trinajstić information content (AvgIpc) is 3.17. The lowest BCUT2D eigenvalue weighted by Crippen LogP contribution is -2.14. The van der Waals surface area contributed by atoms with Gasteiger partial charge in [0, 0.05) is 11.3 Å². The van der Waals surface area contributed by atoms with Crippen molar-refractivity contribution in [2.24, 2.45) is 0 Å². The normalized spacial score (nSPS) is 12.0. The van der Waals surface area contributed by atoms with Crippen LogP contribution in [0, 0.1) is 6.92 Å². The first-order valence-corrected chi connectivity index (χ1v) is 10.0. The summed E-state index contributed by atoms with van der Waals surface area (Å²) < 4.78 is 5.83. The Morgan fingerprint density at radius 1 is 1.03 bits per heavy atom. The van der Waals surface area contributed by atoms with Gasteiger partial charge in [-0.3, -0.25) is 4.79 Å². The third-order valence-electron chi connectivity index (χ3n) is 4.97. The maximum Gasteiger partial charge on any atom is 0.255 e. The van der Waals surface area contributed by atoms with Gasteiger partial charge in [-0.25, -0.2) is 0 Å². The van der Waals surface area contributed by atoms with Crippen LogP contribution < -0.4 is 10.1 Å². The van der Waals surface area contributed by atoms with Gasteiger partial charge in [0.05, 0.1) is 11.8 Å². The van der Waals surface area contributed by atoms with Gasteiger partial charge in [-0.15, -0.1) is 10.2 Å². The number of hydrogen-bond donors (Lipinski definition) is 1. The van der Waals surface area contributed by atoms with Crippen molar-refractivity contribution in [3.05, 3.63) is 77.9 Å². The maximum atomic E-state index is 12.8. The van der Waals surface area contributed by atoms with Gasteiger partial charge in [-0.2, -0.15) is 4.80 Å². The van der Waals surface area contributed by atoms with Crippen molar-refractivity contribution in [3.63, 3.8) is 0 Å². The van der Waals surface area contributed by atoms with Crippen molar-refractivity contribution >= 4 is 22.6 Å². The molecule has 4 rings (SSSR count). The summed E-state index contributed by atoms with van der Waals surface area (Å²) in [4.78, 5) is 14.4. The Hall–Kier alpha value is -3.67. The molecular weight excluding hydrogens is 376 g/mol. The molecule has 4 aromatic rings. The minimum Gasteiger partial charge on any atom is -0.491 e. The molecule has 0 radical (unpaired) electrons. The minimum atomic E-state index is -0.192. The first-order valence-electron chi connectivity index (χ1n) is 10.0. The molecule has 0 aliphatic carbocycles. The van der Waals surface area contributed by atoms with E-state index in [1.807, 2.05) is 68.4 Å². The molecule has 1 N–H and O–H groups in total. The molecule has 3 aromatic carbocycles. The summed E-state index contributed by atoms with van der Waals surface area (Å²) in [6.07, 6.45) is 0.999. The number of benzene rings is 3. The van der Waals surface area contributed by atoms with Crippen LogP contribution in [0.4, 0.5) is 5.69 Å². The topological polar surface area (TPSA) is 69.0 Å². The molecule has 0 saturated carbocycles. The molecule has 6 heteroatoms. The Morgan fingerprint density at radius 3 is 2.50 bits per heavy atom. The number of fused-ring (bicyclic) bond motifs is 1. The fraction of sp³-hybridized carbons (Fsp3) is 0.208. The number of aryl methyl sites for hydroxylation is 1. The molecule has 0 saturated heterocycles. The number of nitrogens with one attached hydrogen (secondary N) is 1. The summed E-state index contributed by atoms with van der Waals surface area (Å²) in [6, 6.07) is 20.8. The predicted molar refractivity (Wildman–Crippen MR) is 118 cm³/mol. The third-order valence-corrected chi connectivity index (χ3v) is 4.97. The second-order valence-electron chi connectivity index (χ2n) is 7.30. The van der Waals surface area contributed by atoms with Crippen molar-refractivity contribution in [2.75, 3.05) is 5.32 Å². The number of aromatic nitrogens is 3. The van der Waals surface area contributed by atoms with Crippen molar-refractivity contribution in [1.82, 2.24) is 15.0 Å². The van der Waals surface area contributed by atoms with E-state index in [4.69, 9.17) is 4.74 Å². The molecular formula is C24H24N4O2. The monoisotopic (exact) mass is 400 g/mol. The molecule has 0 spiro atoms. The Kier molecular flexibility index (Phi) is 5.48. The Morgan fingerprint density at radius 2 is 1.77 bits per heavy atom. The Labute approximate surface area is 175 Å². The van der Waals surface area contributed by atoms with Crippen LogP contribution in [-0.4, -0.2) is 27.0 Å². The van der Waals surface area contributed by atoms with Crippen molar-refractivity contribution in [2.45, 2.75) is 33.3 Å². The number of anilines is 1. The van der Waals surface area contributed by atoms with Gasteiger partial charge >= 0.3 is 0 Å². The molecule has 0 aliphatic heterocycles. The SMILES string of the molecule is CC[C@H](C)Oc1cccc(C(=O)Nc2cc3nn(-c4ccccc4)nc3cc2C)c1. The zero-order valence-electron chi connectivity index (χ0n) is 17.3. The lowest BCUT2D eigenvalue weighted by Gasteiger charge is -2.13. The van der Waals surface area contributed by atoms with Crippen LogP contribution in [0.2, 0.25) is 0 Å². The van der Waals surface area contributed by atoms with E-state index in [9.17, 15) is 4.79 Å². The van der Waals surface area contributed by atoms with Crippen LogP contribution in [0.3, 0.4) is 0 Å². The van der Waals surface area contributed by atoms with Gasteiger partial charge in [0.2, 0.25) is 0 Å². The summed E-state index contributed by atoms with van der Waals surface area (Å²) in [7, 11) is 0. The van der Waals surface area contributed by atoms with Crippen molar-refractivity contribution in [3.8, 4) is 11.4 Å². The number of amides is 1. The Bertz CT molecular complexity index is 1180. The van der Waals surface area contributed by atoms with Crippen molar-refractivity contribution in [1.29, 1.82) is 0 Å². The van der Waals surface area contributed by atoms with Crippen molar-refractivity contribution < 1.29 is 9.53 Å². The highest BCUT2D eigenvalue weighted by atomic mass is 16.5. The number of ether oxygens (including phenoxy) is 1. The fourth-order valence-electron chi connectivity index (χ4n) is 3.10. The molecule has 0 unspecified atom stereocenters. The summed E-state index contributed by atoms with van der Waals surface area (Å²) in [6.45, 7) is 6.01. The van der Waals surface area contributed by atoms with Crippen LogP contribution in [0.1, 0.15) is 36.2 Å². The van der Waals surface area contributed by atoms with Crippen LogP contribution in [0.15, 0.2) is 66.7 Å². The lowest BCUT2D eigenvalue weighted by molar-refractivity contribution is 0.102. The smallest absolute Gasteiger partial charge is 0.255 e. The van der Waals surface area contributed by atoms with E-state index >= 15 is 0 Å². The standard InChI is InChI=1S/C24H24N4O2/c1-4-17(3)30-20-12-8-9-18(14-20)24(29)25-21-15-23-22(13-16(21)2)26-28(27-23)19-10-6-5-7-11-19/h5-15,17H,4H2,1-3H3,(H,25,29)/t17-/m0/s1. The zero-order chi connectivity index (χ0) is 21.1. The summed E-state index contributed by atoms with van der Waals surface area (Å²) >= 11 is 0. The number of para-hydroxylation sites is 1. The van der Waals surface area contributed by atoms with E-state index in [2.05, 4.69) is 22.4 Å². The predicted octanol–water partition coefficient (Wildman–Crippen LogP) is 5.16. The van der Waals surface area contributed by atoms with E-state index in [0.717, 1.165) is 23.2 Å². The van der Waals surface area contributed by atoms with Gasteiger partial charge in [0.1, 0.15) is 16.8 Å². The number of nitrogens with zero attached hydrogens (tertiary/aromatic N) is 3. The number of carbonyl (C=O) groups is 1. The molecule has 1 aromatic heterocycles. The van der Waals surface area contributed by atoms with E-state index in [1.165, 1.54) is 0 Å². The van der Waals surface area contributed by atoms with Gasteiger partial charge < -0.3 is 10.1 Å². The molecule has 152 valence electrons. The number of hydrogen-bond acceptors (Lipinski definition) is 4. The number of rotatable bonds is 6. The average molecular weight is 400 g/mol. The van der Waals surface area contributed by atoms with E-state index < -0.39 is 0 Å². The van der Waals surface area contributed by atoms with Crippen LogP contribution in [0.5, 0.6) is 5.75 Å². The van der Waals surface area contributed by atoms with Crippen LogP contribution in [-0.2, 0) is 0 Å². The summed E-state index contributed by atoms with van der Waals surface area (Å²) in [5, 5.41) is 12.1. The van der Waals surface area contributed by atoms with Crippen LogP contribution in [0.25, 0.3) is 16.7 Å². The molecule has 1 heterocycles. The van der Waals surface area contributed by atoms with Crippen LogP contribution >= 0.6 is 0 Å². The highest BCUT2D eigenvalue weighted by Gasteiger charge is 2.13. The number of carbonyl (C=O) groups excluding carboxylic acids is 1. The highest BCUT2D eigenvalue weighted by Crippen LogP contribution is 2.23. The van der Waals surface area contributed by atoms with Gasteiger partial charge in [0.25, 0.3) is 5.91 Å². The van der Waals surface area contributed by atoms with Gasteiger partial charge in [-0.1, -0.05) is 31.2 Å². The molecule has 30 heavy (non-hydrogen) atoms. The zero-order valence-corrected chi connectivity index (χ0v) is 17.3. The summed E-state index contributed by atoms with van der Waals surface area (Å²) in [5.74, 6) is 0.498. The molecule has 6 nitrogen and oxygen atoms in total. The first-order chi connectivity index (χ1) is 14.5. The largest absolute Gasteiger partial charge is 0.491 e. The third kappa shape index (κ3) is 4.17. The highest BCUT2D eigenvalue weighted by molar-refractivity contribution is 6.05. The maximum absolute atomic E-state index is 12.8. The fourth-order valence-corrected chi connectivity index (χ4v) is 3.10. The first kappa shape index (κ1) is 19.6.